The first-order valence-electron chi connectivity index (χ1n) is 6.10. The molecule has 0 fully saturated rings. The average Bonchev–Trinajstić information content (AvgIpc) is 2.51. The van der Waals surface area contributed by atoms with E-state index in [1.807, 2.05) is 0 Å². The lowest BCUT2D eigenvalue weighted by Gasteiger charge is -2.14. The molecule has 1 heteroatoms. The van der Waals surface area contributed by atoms with Gasteiger partial charge in [-0.25, -0.2) is 0 Å². The molecule has 1 aliphatic carbocycles. The maximum absolute atomic E-state index is 6.10. The van der Waals surface area contributed by atoms with Gasteiger partial charge in [0, 0.05) is 6.42 Å². The zero-order valence-corrected chi connectivity index (χ0v) is 11.3. The van der Waals surface area contributed by atoms with E-state index >= 15 is 0 Å². The number of hydrogen-bond acceptors (Lipinski definition) is 1. The van der Waals surface area contributed by atoms with E-state index in [4.69, 9.17) is 4.74 Å². The number of aryl methyl sites for hydroxylation is 3. The molecule has 0 N–H and O–H groups in total. The van der Waals surface area contributed by atoms with Gasteiger partial charge in [-0.15, -0.1) is 0 Å². The van der Waals surface area contributed by atoms with Gasteiger partial charge in [0.15, 0.2) is 0 Å². The molecule has 0 spiro atoms. The Morgan fingerprint density at radius 3 is 2.00 bits per heavy atom. The van der Waals surface area contributed by atoms with Crippen LogP contribution in [0.5, 0.6) is 5.75 Å². The number of benzene rings is 1. The van der Waals surface area contributed by atoms with E-state index in [0.29, 0.717) is 0 Å². The summed E-state index contributed by atoms with van der Waals surface area (Å²) >= 11 is 0. The van der Waals surface area contributed by atoms with Crippen molar-refractivity contribution in [2.45, 2.75) is 41.0 Å². The second-order valence-electron chi connectivity index (χ2n) is 5.10. The van der Waals surface area contributed by atoms with Crippen LogP contribution in [0.3, 0.4) is 0 Å². The van der Waals surface area contributed by atoms with E-state index in [9.17, 15) is 0 Å². The van der Waals surface area contributed by atoms with Gasteiger partial charge in [-0.1, -0.05) is 29.3 Å². The van der Waals surface area contributed by atoms with E-state index in [0.717, 1.165) is 17.9 Å². The lowest BCUT2D eigenvalue weighted by atomic mass is 10.1. The second kappa shape index (κ2) is 4.40. The van der Waals surface area contributed by atoms with Gasteiger partial charge < -0.3 is 4.74 Å². The second-order valence-corrected chi connectivity index (χ2v) is 5.10. The third-order valence-electron chi connectivity index (χ3n) is 3.17. The number of rotatable bonds is 2. The average molecular weight is 228 g/mol. The van der Waals surface area contributed by atoms with Crippen LogP contribution in [0.1, 0.15) is 37.0 Å². The van der Waals surface area contributed by atoms with Gasteiger partial charge in [0.05, 0.1) is 0 Å². The molecule has 0 amide bonds. The summed E-state index contributed by atoms with van der Waals surface area (Å²) < 4.78 is 6.10. The van der Waals surface area contributed by atoms with Crippen molar-refractivity contribution in [2.75, 3.05) is 0 Å². The first kappa shape index (κ1) is 12.0. The standard InChI is InChI=1S/C16H20O/c1-10-7-13(4)16(14(5)8-10)17-15-9-11(2)6-12(15)3/h6-8H,9H2,1-5H3. The number of ether oxygens (including phenoxy) is 1. The van der Waals surface area contributed by atoms with Gasteiger partial charge in [-0.3, -0.25) is 0 Å². The van der Waals surface area contributed by atoms with E-state index in [-0.39, 0.29) is 0 Å². The van der Waals surface area contributed by atoms with Gasteiger partial charge in [-0.2, -0.15) is 0 Å². The fourth-order valence-electron chi connectivity index (χ4n) is 2.46. The van der Waals surface area contributed by atoms with Crippen molar-refractivity contribution in [2.24, 2.45) is 0 Å². The fourth-order valence-corrected chi connectivity index (χ4v) is 2.46. The normalized spacial score (nSPS) is 15.2. The molecule has 0 atom stereocenters. The van der Waals surface area contributed by atoms with E-state index in [1.165, 1.54) is 27.8 Å². The van der Waals surface area contributed by atoms with Crippen LogP contribution in [-0.4, -0.2) is 0 Å². The maximum Gasteiger partial charge on any atom is 0.132 e. The highest BCUT2D eigenvalue weighted by atomic mass is 16.5. The Bertz CT molecular complexity index is 495. The third-order valence-corrected chi connectivity index (χ3v) is 3.17. The fraction of sp³-hybridized carbons (Fsp3) is 0.375. The molecule has 0 saturated heterocycles. The van der Waals surface area contributed by atoms with Crippen LogP contribution in [0.25, 0.3) is 0 Å². The molecule has 1 nitrogen and oxygen atoms in total. The van der Waals surface area contributed by atoms with Crippen molar-refractivity contribution in [1.82, 2.24) is 0 Å². The van der Waals surface area contributed by atoms with Crippen LogP contribution < -0.4 is 4.74 Å². The van der Waals surface area contributed by atoms with Crippen molar-refractivity contribution < 1.29 is 4.74 Å². The molecule has 17 heavy (non-hydrogen) atoms. The summed E-state index contributed by atoms with van der Waals surface area (Å²) in [6, 6.07) is 4.35. The van der Waals surface area contributed by atoms with Gasteiger partial charge in [0.25, 0.3) is 0 Å². The van der Waals surface area contributed by atoms with E-state index in [2.05, 4.69) is 52.8 Å². The molecule has 0 unspecified atom stereocenters. The molecular formula is C16H20O. The molecule has 0 saturated carbocycles. The summed E-state index contributed by atoms with van der Waals surface area (Å²) in [4.78, 5) is 0. The minimum absolute atomic E-state index is 0.943. The van der Waals surface area contributed by atoms with Crippen LogP contribution in [-0.2, 0) is 0 Å². The summed E-state index contributed by atoms with van der Waals surface area (Å²) in [5.74, 6) is 2.12. The van der Waals surface area contributed by atoms with E-state index < -0.39 is 0 Å². The molecule has 0 bridgehead atoms. The Labute approximate surface area is 104 Å². The number of allylic oxidation sites excluding steroid dienone is 3. The Hall–Kier alpha value is -1.50. The molecule has 0 aromatic heterocycles. The lowest BCUT2D eigenvalue weighted by Crippen LogP contribution is -1.99. The molecule has 2 rings (SSSR count). The van der Waals surface area contributed by atoms with Crippen molar-refractivity contribution in [3.05, 3.63) is 51.8 Å². The largest absolute Gasteiger partial charge is 0.461 e. The predicted molar refractivity (Wildman–Crippen MR) is 72.4 cm³/mol. The highest BCUT2D eigenvalue weighted by Crippen LogP contribution is 2.32. The summed E-state index contributed by atoms with van der Waals surface area (Å²) in [6.45, 7) is 10.6. The van der Waals surface area contributed by atoms with Crippen LogP contribution in [0.15, 0.2) is 35.1 Å². The molecule has 1 aromatic rings. The highest BCUT2D eigenvalue weighted by Gasteiger charge is 2.14. The molecular weight excluding hydrogens is 208 g/mol. The zero-order valence-electron chi connectivity index (χ0n) is 11.3. The molecule has 1 aliphatic rings. The first-order chi connectivity index (χ1) is 7.97. The summed E-state index contributed by atoms with van der Waals surface area (Å²) in [5.41, 5.74) is 6.35. The quantitative estimate of drug-likeness (QED) is 0.718. The summed E-state index contributed by atoms with van der Waals surface area (Å²) in [6.07, 6.45) is 3.15. The van der Waals surface area contributed by atoms with Gasteiger partial charge in [0.2, 0.25) is 0 Å². The first-order valence-corrected chi connectivity index (χ1v) is 6.10. The monoisotopic (exact) mass is 228 g/mol. The Kier molecular flexibility index (Phi) is 3.10. The molecule has 90 valence electrons. The Morgan fingerprint density at radius 2 is 1.53 bits per heavy atom. The van der Waals surface area contributed by atoms with Crippen LogP contribution in [0, 0.1) is 20.8 Å². The molecule has 1 aromatic carbocycles. The van der Waals surface area contributed by atoms with Crippen LogP contribution in [0.4, 0.5) is 0 Å². The van der Waals surface area contributed by atoms with E-state index in [1.54, 1.807) is 0 Å². The summed E-state index contributed by atoms with van der Waals surface area (Å²) in [7, 11) is 0. The van der Waals surface area contributed by atoms with Gasteiger partial charge >= 0.3 is 0 Å². The molecule has 0 radical (unpaired) electrons. The topological polar surface area (TPSA) is 9.23 Å². The minimum Gasteiger partial charge on any atom is -0.461 e. The number of hydrogen-bond donors (Lipinski definition) is 0. The Morgan fingerprint density at radius 1 is 0.941 bits per heavy atom. The van der Waals surface area contributed by atoms with Crippen molar-refractivity contribution in [3.8, 4) is 5.75 Å². The van der Waals surface area contributed by atoms with Gasteiger partial charge in [-0.05, 0) is 51.3 Å². The smallest absolute Gasteiger partial charge is 0.132 e. The van der Waals surface area contributed by atoms with Crippen LogP contribution >= 0.6 is 0 Å². The minimum atomic E-state index is 0.943. The predicted octanol–water partition coefficient (Wildman–Crippen LogP) is 4.61. The lowest BCUT2D eigenvalue weighted by molar-refractivity contribution is 0.406. The van der Waals surface area contributed by atoms with Crippen molar-refractivity contribution in [1.29, 1.82) is 0 Å². The Balaban J connectivity index is 2.30. The van der Waals surface area contributed by atoms with Crippen molar-refractivity contribution in [3.63, 3.8) is 0 Å². The SMILES string of the molecule is CC1=CC(C)=C(Oc2c(C)cc(C)cc2C)C1. The van der Waals surface area contributed by atoms with Crippen molar-refractivity contribution >= 4 is 0 Å². The summed E-state index contributed by atoms with van der Waals surface area (Å²) in [5, 5.41) is 0. The molecule has 0 heterocycles. The zero-order chi connectivity index (χ0) is 12.6. The van der Waals surface area contributed by atoms with Gasteiger partial charge in [0.1, 0.15) is 11.5 Å². The van der Waals surface area contributed by atoms with Crippen LogP contribution in [0.2, 0.25) is 0 Å². The molecule has 0 aliphatic heterocycles. The third kappa shape index (κ3) is 2.44. The maximum atomic E-state index is 6.10. The highest BCUT2D eigenvalue weighted by molar-refractivity contribution is 5.45.